The Morgan fingerprint density at radius 3 is 1.25 bits per heavy atom. The molecule has 0 unspecified atom stereocenters. The maximum atomic E-state index is 11.6. The fraction of sp³-hybridized carbons (Fsp3) is 0.600. The van der Waals surface area contributed by atoms with Crippen molar-refractivity contribution in [2.45, 2.75) is 137 Å². The molecule has 4 aromatic carbocycles. The molecule has 10 heteroatoms. The van der Waals surface area contributed by atoms with Gasteiger partial charge in [0.25, 0.3) is 11.8 Å². The van der Waals surface area contributed by atoms with Gasteiger partial charge < -0.3 is 31.1 Å². The maximum absolute atomic E-state index is 11.6. The summed E-state index contributed by atoms with van der Waals surface area (Å²) in [5.74, 6) is -0.631. The molecule has 1 aliphatic carbocycles. The molecule has 10 nitrogen and oxygen atoms in total. The first-order valence-electron chi connectivity index (χ1n) is 24.5. The number of piperidine rings is 3. The van der Waals surface area contributed by atoms with E-state index in [9.17, 15) is 9.59 Å². The zero-order valence-electron chi connectivity index (χ0n) is 37.4. The lowest BCUT2D eigenvalue weighted by atomic mass is 9.95. The number of piperazine rings is 1. The van der Waals surface area contributed by atoms with Gasteiger partial charge in [0.15, 0.2) is 0 Å². The molecular weight excluding hydrogens is 805 g/mol. The first-order valence-corrected chi connectivity index (χ1v) is 24.5. The Balaban J connectivity index is 0.000000152. The van der Waals surface area contributed by atoms with Gasteiger partial charge in [-0.15, -0.1) is 0 Å². The van der Waals surface area contributed by atoms with E-state index in [4.69, 9.17) is 0 Å². The Bertz CT molecular complexity index is 1890. The molecule has 0 aromatic heterocycles. The third kappa shape index (κ3) is 14.1. The molecule has 5 N–H and O–H groups in total. The molecule has 8 aliphatic rings. The van der Waals surface area contributed by atoms with Crippen LogP contribution in [0.15, 0.2) is 72.8 Å². The van der Waals surface area contributed by atoms with Gasteiger partial charge in [0.1, 0.15) is 0 Å². The number of carbonyl (C=O) groups is 2. The van der Waals surface area contributed by atoms with Crippen molar-refractivity contribution < 1.29 is 9.59 Å². The largest absolute Gasteiger partial charge is 0.317 e. The van der Waals surface area contributed by atoms with Gasteiger partial charge in [0.05, 0.1) is 0 Å². The number of nitrogens with zero attached hydrogens (tertiary/aromatic N) is 3. The summed E-state index contributed by atoms with van der Waals surface area (Å²) in [4.78, 5) is 31.2. The monoisotopic (exact) mass is 891 g/mol. The molecule has 12 rings (SSSR count). The predicted molar refractivity (Wildman–Crippen MR) is 275 cm³/mol. The summed E-state index contributed by atoms with van der Waals surface area (Å²) in [6.45, 7) is 17.4. The molecule has 6 fully saturated rings. The van der Waals surface area contributed by atoms with Crippen molar-refractivity contribution >= 4 is 33.4 Å². The second kappa shape index (κ2) is 27.2. The highest BCUT2D eigenvalue weighted by molar-refractivity contribution is 6.25. The van der Waals surface area contributed by atoms with Crippen LogP contribution in [0.25, 0.3) is 21.5 Å². The molecule has 0 spiro atoms. The summed E-state index contributed by atoms with van der Waals surface area (Å²) in [5, 5.41) is 20.5. The fourth-order valence-electron chi connectivity index (χ4n) is 11.1. The van der Waals surface area contributed by atoms with Crippen LogP contribution in [0.1, 0.15) is 138 Å². The lowest BCUT2D eigenvalue weighted by Crippen LogP contribution is -2.47. The number of imide groups is 1. The number of rotatable bonds is 3. The Hall–Kier alpha value is -3.74. The molecule has 0 radical (unpaired) electrons. The van der Waals surface area contributed by atoms with Crippen LogP contribution in [0.2, 0.25) is 0 Å². The second-order valence-corrected chi connectivity index (χ2v) is 18.6. The van der Waals surface area contributed by atoms with Gasteiger partial charge in [0, 0.05) is 73.9 Å². The van der Waals surface area contributed by atoms with Gasteiger partial charge in [-0.3, -0.25) is 19.8 Å². The van der Waals surface area contributed by atoms with Gasteiger partial charge in [-0.2, -0.15) is 0 Å². The van der Waals surface area contributed by atoms with Crippen LogP contribution in [0.4, 0.5) is 0 Å². The van der Waals surface area contributed by atoms with Gasteiger partial charge in [0.2, 0.25) is 0 Å². The van der Waals surface area contributed by atoms with Crippen LogP contribution >= 0.6 is 0 Å². The van der Waals surface area contributed by atoms with Crippen molar-refractivity contribution in [1.82, 2.24) is 41.3 Å². The van der Waals surface area contributed by atoms with E-state index < -0.39 is 0 Å². The summed E-state index contributed by atoms with van der Waals surface area (Å²) in [7, 11) is 0. The molecule has 1 saturated carbocycles. The van der Waals surface area contributed by atoms with Gasteiger partial charge in [-0.1, -0.05) is 102 Å². The summed E-state index contributed by atoms with van der Waals surface area (Å²) in [6.07, 6.45) is 18.5. The first-order chi connectivity index (χ1) is 30.6. The van der Waals surface area contributed by atoms with Crippen molar-refractivity contribution in [3.8, 4) is 0 Å². The predicted octanol–water partition coefficient (Wildman–Crippen LogP) is 8.97. The van der Waals surface area contributed by atoms with Crippen molar-refractivity contribution in [1.29, 1.82) is 0 Å². The lowest BCUT2D eigenvalue weighted by molar-refractivity contribution is 0.0845. The normalized spacial score (nSPS) is 21.5. The van der Waals surface area contributed by atoms with Crippen molar-refractivity contribution in [2.24, 2.45) is 0 Å². The van der Waals surface area contributed by atoms with Crippen LogP contribution < -0.4 is 26.6 Å². The van der Waals surface area contributed by atoms with E-state index in [2.05, 4.69) is 77.7 Å². The van der Waals surface area contributed by atoms with E-state index in [1.807, 2.05) is 24.3 Å². The molecule has 4 aromatic rings. The van der Waals surface area contributed by atoms with Crippen molar-refractivity contribution in [2.75, 3.05) is 78.5 Å². The fourth-order valence-corrected chi connectivity index (χ4v) is 11.1. The number of carbonyl (C=O) groups excluding carboxylic acids is 2. The third-order valence-corrected chi connectivity index (χ3v) is 14.5. The molecule has 5 saturated heterocycles. The lowest BCUT2D eigenvalue weighted by Gasteiger charge is -2.36. The van der Waals surface area contributed by atoms with Gasteiger partial charge >= 0.3 is 0 Å². The highest BCUT2D eigenvalue weighted by atomic mass is 16.2. The van der Waals surface area contributed by atoms with E-state index in [-0.39, 0.29) is 34.1 Å². The number of hydrogen-bond donors (Lipinski definition) is 5. The molecule has 2 amide bonds. The Morgan fingerprint density at radius 1 is 0.385 bits per heavy atom. The third-order valence-electron chi connectivity index (χ3n) is 14.5. The molecule has 0 atom stereocenters. The molecule has 0 bridgehead atoms. The Labute approximate surface area is 393 Å². The summed E-state index contributed by atoms with van der Waals surface area (Å²) < 4.78 is 0. The maximum Gasteiger partial charge on any atom is 0.258 e. The molecular formula is C55H86N8O2. The zero-order valence-corrected chi connectivity index (χ0v) is 37.4. The van der Waals surface area contributed by atoms with E-state index in [0.29, 0.717) is 11.1 Å². The Kier molecular flexibility index (Phi) is 21.8. The van der Waals surface area contributed by atoms with E-state index in [1.165, 1.54) is 184 Å². The van der Waals surface area contributed by atoms with Gasteiger partial charge in [-0.05, 0) is 156 Å². The van der Waals surface area contributed by atoms with Crippen LogP contribution in [0.5, 0.6) is 0 Å². The average molecular weight is 891 g/mol. The van der Waals surface area contributed by atoms with Crippen molar-refractivity contribution in [3.05, 3.63) is 95.1 Å². The van der Waals surface area contributed by atoms with Gasteiger partial charge in [-0.25, -0.2) is 0 Å². The standard InChI is InChI=1S/C12H7NO2.C12H11N.C10H20N2.2C9H18N2.3CH4/c14-11-8-5-1-3-7-4-2-6-9(10(7)8)12(15)13-11;1-3-9-4-2-6-11-8-13-7-10(5-1)12(9)11;1-2-8-12(9-3-1)10-4-6-11-7-5-10;1-2-8-11(7-1)9-3-5-10-6-4-9;1-2-4-9(3-1)11-7-5-10-6-8-11;;;/h1-6H,(H,13,14,15);1-6,13H,7-8H2;10-11H,1-9H2;2*9-10H,1-8H2;3*1H4. The quantitative estimate of drug-likeness (QED) is 0.129. The number of nitrogens with one attached hydrogen (secondary N) is 5. The Morgan fingerprint density at radius 2 is 0.769 bits per heavy atom. The minimum Gasteiger partial charge on any atom is -0.317 e. The van der Waals surface area contributed by atoms with Crippen molar-refractivity contribution in [3.63, 3.8) is 0 Å². The number of likely N-dealkylation sites (tertiary alicyclic amines) is 2. The number of benzene rings is 4. The summed E-state index contributed by atoms with van der Waals surface area (Å²) in [6, 6.07) is 26.7. The molecule has 7 heterocycles. The molecule has 65 heavy (non-hydrogen) atoms. The zero-order chi connectivity index (χ0) is 42.4. The highest BCUT2D eigenvalue weighted by Crippen LogP contribution is 2.28. The highest BCUT2D eigenvalue weighted by Gasteiger charge is 2.26. The number of hydrogen-bond acceptors (Lipinski definition) is 9. The van der Waals surface area contributed by atoms with Crippen LogP contribution in [0.3, 0.4) is 0 Å². The topological polar surface area (TPSA) is 104 Å². The van der Waals surface area contributed by atoms with E-state index in [1.54, 1.807) is 12.1 Å². The van der Waals surface area contributed by atoms with E-state index >= 15 is 0 Å². The summed E-state index contributed by atoms with van der Waals surface area (Å²) in [5.41, 5.74) is 4.00. The first kappa shape index (κ1) is 52.2. The van der Waals surface area contributed by atoms with E-state index in [0.717, 1.165) is 42.0 Å². The smallest absolute Gasteiger partial charge is 0.258 e. The van der Waals surface area contributed by atoms with Crippen LogP contribution in [-0.4, -0.2) is 123 Å². The summed E-state index contributed by atoms with van der Waals surface area (Å²) >= 11 is 0. The SMILES string of the molecule is C.C.C.C1CCC(N2CCNCC2)C1.C1CCN(C2CCNCC2)C1.C1CCN(C2CCNCC2)CC1.O=C1NC(=O)c2cccc3cccc1c23.c1cc2c3c(cccc3c1)CNC2. The van der Waals surface area contributed by atoms with Crippen LogP contribution in [0, 0.1) is 0 Å². The minimum atomic E-state index is -0.315. The number of amides is 2. The second-order valence-electron chi connectivity index (χ2n) is 18.6. The average Bonchev–Trinajstić information content (AvgIpc) is 4.10. The minimum absolute atomic E-state index is 0. The molecule has 7 aliphatic heterocycles. The van der Waals surface area contributed by atoms with Crippen LogP contribution in [-0.2, 0) is 13.1 Å². The molecule has 358 valence electrons.